The Morgan fingerprint density at radius 1 is 1.18 bits per heavy atom. The molecule has 0 bridgehead atoms. The molecule has 0 spiro atoms. The van der Waals surface area contributed by atoms with Crippen LogP contribution in [0.3, 0.4) is 0 Å². The highest BCUT2D eigenvalue weighted by atomic mass is 16.2. The molecule has 2 amide bonds. The van der Waals surface area contributed by atoms with Gasteiger partial charge in [-0.3, -0.25) is 19.0 Å². The quantitative estimate of drug-likeness (QED) is 0.657. The third-order valence-electron chi connectivity index (χ3n) is 4.19. The number of aryl methyl sites for hydroxylation is 3. The van der Waals surface area contributed by atoms with Crippen LogP contribution in [0.2, 0.25) is 0 Å². The standard InChI is InChI=1S/C20H24N6O2/c1-4-26-18(9-15(3)24-26)20(28)21-11-19(27)23-17-10-22-25(13-17)12-16-7-5-6-14(2)8-16/h5-10,13H,4,11-12H2,1-3H3,(H,21,28)(H,23,27). The van der Waals surface area contributed by atoms with Gasteiger partial charge in [-0.1, -0.05) is 29.8 Å². The summed E-state index contributed by atoms with van der Waals surface area (Å²) in [6, 6.07) is 9.88. The maximum Gasteiger partial charge on any atom is 0.269 e. The van der Waals surface area contributed by atoms with Crippen LogP contribution in [0.1, 0.15) is 34.2 Å². The predicted octanol–water partition coefficient (Wildman–Crippen LogP) is 2.13. The van der Waals surface area contributed by atoms with E-state index in [-0.39, 0.29) is 18.4 Å². The van der Waals surface area contributed by atoms with Gasteiger partial charge in [0.25, 0.3) is 5.91 Å². The molecule has 0 saturated carbocycles. The van der Waals surface area contributed by atoms with Gasteiger partial charge in [-0.2, -0.15) is 10.2 Å². The number of nitrogens with zero attached hydrogens (tertiary/aromatic N) is 4. The molecule has 8 nitrogen and oxygen atoms in total. The Morgan fingerprint density at radius 3 is 2.75 bits per heavy atom. The minimum Gasteiger partial charge on any atom is -0.342 e. The fraction of sp³-hybridized carbons (Fsp3) is 0.300. The van der Waals surface area contributed by atoms with Crippen molar-refractivity contribution in [2.24, 2.45) is 0 Å². The summed E-state index contributed by atoms with van der Waals surface area (Å²) < 4.78 is 3.36. The second-order valence-corrected chi connectivity index (χ2v) is 6.63. The average Bonchev–Trinajstić information content (AvgIpc) is 3.25. The Kier molecular flexibility index (Phi) is 5.88. The van der Waals surface area contributed by atoms with Gasteiger partial charge in [0.1, 0.15) is 5.69 Å². The molecular formula is C20H24N6O2. The first kappa shape index (κ1) is 19.3. The molecule has 2 N–H and O–H groups in total. The van der Waals surface area contributed by atoms with Gasteiger partial charge >= 0.3 is 0 Å². The smallest absolute Gasteiger partial charge is 0.269 e. The zero-order valence-electron chi connectivity index (χ0n) is 16.3. The minimum absolute atomic E-state index is 0.129. The minimum atomic E-state index is -0.326. The van der Waals surface area contributed by atoms with Gasteiger partial charge in [0.05, 0.1) is 30.7 Å². The Labute approximate surface area is 163 Å². The molecule has 0 radical (unpaired) electrons. The van der Waals surface area contributed by atoms with Crippen molar-refractivity contribution in [1.29, 1.82) is 0 Å². The lowest BCUT2D eigenvalue weighted by molar-refractivity contribution is -0.115. The molecule has 0 unspecified atom stereocenters. The summed E-state index contributed by atoms with van der Waals surface area (Å²) in [6.45, 7) is 6.85. The number of benzene rings is 1. The van der Waals surface area contributed by atoms with Crippen LogP contribution in [-0.4, -0.2) is 37.9 Å². The van der Waals surface area contributed by atoms with Crippen LogP contribution in [0.15, 0.2) is 42.7 Å². The van der Waals surface area contributed by atoms with E-state index >= 15 is 0 Å². The van der Waals surface area contributed by atoms with Crippen molar-refractivity contribution < 1.29 is 9.59 Å². The molecule has 2 heterocycles. The number of hydrogen-bond acceptors (Lipinski definition) is 4. The number of carbonyl (C=O) groups excluding carboxylic acids is 2. The maximum atomic E-state index is 12.3. The molecule has 0 fully saturated rings. The lowest BCUT2D eigenvalue weighted by atomic mass is 10.1. The van der Waals surface area contributed by atoms with Crippen molar-refractivity contribution in [2.75, 3.05) is 11.9 Å². The third-order valence-corrected chi connectivity index (χ3v) is 4.19. The van der Waals surface area contributed by atoms with Gasteiger partial charge in [0.15, 0.2) is 0 Å². The molecule has 0 saturated heterocycles. The first-order chi connectivity index (χ1) is 13.4. The SMILES string of the molecule is CCn1nc(C)cc1C(=O)NCC(=O)Nc1cnn(Cc2cccc(C)c2)c1. The second-order valence-electron chi connectivity index (χ2n) is 6.63. The molecule has 0 atom stereocenters. The number of carbonyl (C=O) groups is 2. The highest BCUT2D eigenvalue weighted by molar-refractivity contribution is 5.98. The molecule has 28 heavy (non-hydrogen) atoms. The molecule has 146 valence electrons. The first-order valence-corrected chi connectivity index (χ1v) is 9.15. The summed E-state index contributed by atoms with van der Waals surface area (Å²) in [4.78, 5) is 24.4. The normalized spacial score (nSPS) is 10.7. The predicted molar refractivity (Wildman–Crippen MR) is 106 cm³/mol. The summed E-state index contributed by atoms with van der Waals surface area (Å²) in [7, 11) is 0. The molecule has 8 heteroatoms. The van der Waals surface area contributed by atoms with Crippen molar-refractivity contribution >= 4 is 17.5 Å². The van der Waals surface area contributed by atoms with Crippen LogP contribution in [0.5, 0.6) is 0 Å². The summed E-state index contributed by atoms with van der Waals surface area (Å²) in [5.74, 6) is -0.643. The van der Waals surface area contributed by atoms with E-state index in [9.17, 15) is 9.59 Å². The van der Waals surface area contributed by atoms with Crippen molar-refractivity contribution in [2.45, 2.75) is 33.9 Å². The molecule has 2 aromatic heterocycles. The zero-order chi connectivity index (χ0) is 20.1. The van der Waals surface area contributed by atoms with Gasteiger partial charge in [0, 0.05) is 12.7 Å². The van der Waals surface area contributed by atoms with E-state index in [1.807, 2.05) is 39.0 Å². The van der Waals surface area contributed by atoms with E-state index in [1.165, 1.54) is 5.56 Å². The van der Waals surface area contributed by atoms with E-state index < -0.39 is 0 Å². The molecule has 3 aromatic rings. The lowest BCUT2D eigenvalue weighted by Gasteiger charge is -2.07. The van der Waals surface area contributed by atoms with E-state index in [0.717, 1.165) is 11.3 Å². The van der Waals surface area contributed by atoms with E-state index in [4.69, 9.17) is 0 Å². The zero-order valence-corrected chi connectivity index (χ0v) is 16.3. The molecule has 1 aromatic carbocycles. The monoisotopic (exact) mass is 380 g/mol. The fourth-order valence-electron chi connectivity index (χ4n) is 2.94. The van der Waals surface area contributed by atoms with Crippen molar-refractivity contribution in [3.05, 3.63) is 65.2 Å². The van der Waals surface area contributed by atoms with Gasteiger partial charge in [-0.05, 0) is 32.4 Å². The number of anilines is 1. The van der Waals surface area contributed by atoms with Gasteiger partial charge in [0.2, 0.25) is 5.91 Å². The summed E-state index contributed by atoms with van der Waals surface area (Å²) in [6.07, 6.45) is 3.35. The number of amides is 2. The molecule has 0 aliphatic carbocycles. The van der Waals surface area contributed by atoms with E-state index in [0.29, 0.717) is 24.5 Å². The average molecular weight is 380 g/mol. The topological polar surface area (TPSA) is 93.8 Å². The number of nitrogens with one attached hydrogen (secondary N) is 2. The summed E-state index contributed by atoms with van der Waals surface area (Å²) in [5.41, 5.74) is 4.11. The summed E-state index contributed by atoms with van der Waals surface area (Å²) >= 11 is 0. The second kappa shape index (κ2) is 8.51. The largest absolute Gasteiger partial charge is 0.342 e. The highest BCUT2D eigenvalue weighted by Crippen LogP contribution is 2.09. The Bertz CT molecular complexity index is 988. The van der Waals surface area contributed by atoms with Crippen LogP contribution in [0, 0.1) is 13.8 Å². The molecule has 0 aliphatic heterocycles. The Hall–Kier alpha value is -3.42. The van der Waals surface area contributed by atoms with Crippen LogP contribution in [0.4, 0.5) is 5.69 Å². The van der Waals surface area contributed by atoms with Crippen LogP contribution < -0.4 is 10.6 Å². The number of rotatable bonds is 7. The number of hydrogen-bond donors (Lipinski definition) is 2. The lowest BCUT2D eigenvalue weighted by Crippen LogP contribution is -2.34. The van der Waals surface area contributed by atoms with Crippen molar-refractivity contribution in [3.8, 4) is 0 Å². The van der Waals surface area contributed by atoms with Gasteiger partial charge in [-0.25, -0.2) is 0 Å². The van der Waals surface area contributed by atoms with Crippen molar-refractivity contribution in [3.63, 3.8) is 0 Å². The van der Waals surface area contributed by atoms with Crippen molar-refractivity contribution in [1.82, 2.24) is 24.9 Å². The Morgan fingerprint density at radius 2 is 2.00 bits per heavy atom. The molecule has 3 rings (SSSR count). The van der Waals surface area contributed by atoms with E-state index in [2.05, 4.69) is 26.9 Å². The fourth-order valence-corrected chi connectivity index (χ4v) is 2.94. The summed E-state index contributed by atoms with van der Waals surface area (Å²) in [5, 5.41) is 13.9. The molecule has 0 aliphatic rings. The Balaban J connectivity index is 1.52. The highest BCUT2D eigenvalue weighted by Gasteiger charge is 2.14. The maximum absolute atomic E-state index is 12.3. The van der Waals surface area contributed by atoms with E-state index in [1.54, 1.807) is 27.8 Å². The number of aromatic nitrogens is 4. The van der Waals surface area contributed by atoms with Gasteiger partial charge in [-0.15, -0.1) is 0 Å². The van der Waals surface area contributed by atoms with Crippen LogP contribution in [-0.2, 0) is 17.9 Å². The third kappa shape index (κ3) is 4.85. The van der Waals surface area contributed by atoms with Crippen LogP contribution in [0.25, 0.3) is 0 Å². The van der Waals surface area contributed by atoms with Gasteiger partial charge < -0.3 is 10.6 Å². The molecular weight excluding hydrogens is 356 g/mol. The first-order valence-electron chi connectivity index (χ1n) is 9.15. The van der Waals surface area contributed by atoms with Crippen LogP contribution >= 0.6 is 0 Å².